The molecule has 2 heterocycles. The third-order valence-corrected chi connectivity index (χ3v) is 6.31. The summed E-state index contributed by atoms with van der Waals surface area (Å²) in [6.07, 6.45) is 4.49. The Bertz CT molecular complexity index is 1430. The normalized spacial score (nSPS) is 14.8. The number of H-pyrrole nitrogens is 1. The van der Waals surface area contributed by atoms with Crippen molar-refractivity contribution in [3.8, 4) is 0 Å². The Morgan fingerprint density at radius 3 is 2.32 bits per heavy atom. The van der Waals surface area contributed by atoms with Gasteiger partial charge in [0.2, 0.25) is 0 Å². The van der Waals surface area contributed by atoms with Crippen LogP contribution in [0.3, 0.4) is 0 Å². The van der Waals surface area contributed by atoms with Gasteiger partial charge in [0.25, 0.3) is 11.8 Å². The molecular weight excluding hydrogens is 534 g/mol. The number of aromatic nitrogens is 1. The van der Waals surface area contributed by atoms with E-state index in [-0.39, 0.29) is 23.2 Å². The van der Waals surface area contributed by atoms with Crippen LogP contribution in [0.2, 0.25) is 0 Å². The number of aromatic amines is 1. The molecule has 1 fully saturated rings. The van der Waals surface area contributed by atoms with Crippen LogP contribution in [0.1, 0.15) is 33.0 Å². The molecule has 4 amide bonds. The van der Waals surface area contributed by atoms with Crippen molar-refractivity contribution in [1.29, 1.82) is 0 Å². The molecule has 4 rings (SSSR count). The van der Waals surface area contributed by atoms with E-state index in [4.69, 9.17) is 10.2 Å². The summed E-state index contributed by atoms with van der Waals surface area (Å²) in [5, 5.41) is 27.6. The molecule has 0 radical (unpaired) electrons. The van der Waals surface area contributed by atoms with Crippen molar-refractivity contribution in [2.75, 3.05) is 20.6 Å². The van der Waals surface area contributed by atoms with Gasteiger partial charge in [-0.15, -0.1) is 0 Å². The molecule has 13 nitrogen and oxygen atoms in total. The molecule has 2 unspecified atom stereocenters. The molecule has 0 spiro atoms. The number of carboxylic acids is 2. The molecule has 0 bridgehead atoms. The van der Waals surface area contributed by atoms with Crippen molar-refractivity contribution in [3.05, 3.63) is 83.1 Å². The summed E-state index contributed by atoms with van der Waals surface area (Å²) >= 11 is 0. The quantitative estimate of drug-likeness (QED) is 0.136. The zero-order chi connectivity index (χ0) is 29.2. The molecule has 9 N–H and O–H groups in total. The lowest BCUT2D eigenvalue weighted by Gasteiger charge is -2.23. The number of fused-ring (bicyclic) bond motifs is 1. The molecule has 13 heteroatoms. The number of likely N-dealkylation sites (N-methyl/N-ethyl adjacent to an activating group) is 1. The first-order valence-corrected chi connectivity index (χ1v) is 12.4. The maximum absolute atomic E-state index is 12.6. The highest BCUT2D eigenvalue weighted by Gasteiger charge is 2.37. The van der Waals surface area contributed by atoms with Gasteiger partial charge in [-0.25, -0.2) is 14.4 Å². The molecule has 1 aliphatic heterocycles. The second-order valence-electron chi connectivity index (χ2n) is 9.01. The van der Waals surface area contributed by atoms with Gasteiger partial charge in [0.05, 0.1) is 0 Å². The summed E-state index contributed by atoms with van der Waals surface area (Å²) in [6, 6.07) is 12.3. The number of rotatable bonds is 10. The number of carbonyl (C=O) groups is 5. The molecule has 3 aromatic rings. The van der Waals surface area contributed by atoms with Crippen LogP contribution in [-0.2, 0) is 27.2 Å². The number of amides is 4. The minimum Gasteiger partial charge on any atom is -0.478 e. The van der Waals surface area contributed by atoms with E-state index in [9.17, 15) is 24.0 Å². The van der Waals surface area contributed by atoms with Gasteiger partial charge in [0, 0.05) is 47.8 Å². The van der Waals surface area contributed by atoms with E-state index in [0.29, 0.717) is 24.1 Å². The molecule has 2 aromatic carbocycles. The van der Waals surface area contributed by atoms with Gasteiger partial charge in [-0.3, -0.25) is 14.9 Å². The number of carboxylic acid groups (broad SMARTS) is 2. The highest BCUT2D eigenvalue weighted by molar-refractivity contribution is 6.04. The van der Waals surface area contributed by atoms with Crippen LogP contribution in [0.25, 0.3) is 10.9 Å². The smallest absolute Gasteiger partial charge is 0.328 e. The molecule has 41 heavy (non-hydrogen) atoms. The highest BCUT2D eigenvalue weighted by atomic mass is 16.4. The van der Waals surface area contributed by atoms with Crippen molar-refractivity contribution < 1.29 is 39.7 Å². The summed E-state index contributed by atoms with van der Waals surface area (Å²) < 4.78 is 0. The van der Waals surface area contributed by atoms with Gasteiger partial charge in [-0.05, 0) is 67.4 Å². The van der Waals surface area contributed by atoms with E-state index in [1.165, 1.54) is 5.56 Å². The predicted molar refractivity (Wildman–Crippen MR) is 151 cm³/mol. The Kier molecular flexibility index (Phi) is 11.7. The summed E-state index contributed by atoms with van der Waals surface area (Å²) in [5.74, 6) is -3.32. The maximum atomic E-state index is 12.6. The topological polar surface area (TPSA) is 221 Å². The Hall–Kier alpha value is -5.01. The second kappa shape index (κ2) is 15.0. The van der Waals surface area contributed by atoms with E-state index in [2.05, 4.69) is 32.3 Å². The van der Waals surface area contributed by atoms with Crippen LogP contribution < -0.4 is 21.3 Å². The van der Waals surface area contributed by atoms with Crippen LogP contribution in [0.15, 0.2) is 60.8 Å². The SMILES string of the molecule is CNCCc1c[nH]c2ccc(C(Cc3cccc(C(=O)NC)c3)C3NC(=O)NC3=O)cc12.O.O=C(O)C=CC(=O)O. The van der Waals surface area contributed by atoms with Crippen LogP contribution in [0.4, 0.5) is 4.79 Å². The molecule has 1 aliphatic rings. The maximum Gasteiger partial charge on any atom is 0.328 e. The van der Waals surface area contributed by atoms with Crippen LogP contribution in [0.5, 0.6) is 0 Å². The zero-order valence-electron chi connectivity index (χ0n) is 22.5. The van der Waals surface area contributed by atoms with Crippen molar-refractivity contribution in [3.63, 3.8) is 0 Å². The first kappa shape index (κ1) is 32.2. The van der Waals surface area contributed by atoms with Crippen molar-refractivity contribution in [1.82, 2.24) is 26.3 Å². The molecule has 218 valence electrons. The minimum atomic E-state index is -1.26. The third kappa shape index (κ3) is 8.74. The first-order chi connectivity index (χ1) is 19.1. The number of benzene rings is 2. The number of imide groups is 1. The average Bonchev–Trinajstić information content (AvgIpc) is 3.50. The second-order valence-corrected chi connectivity index (χ2v) is 9.01. The monoisotopic (exact) mass is 567 g/mol. The minimum absolute atomic E-state index is 0. The fraction of sp³-hybridized carbons (Fsp3) is 0.250. The van der Waals surface area contributed by atoms with Crippen molar-refractivity contribution >= 4 is 40.7 Å². The van der Waals surface area contributed by atoms with Gasteiger partial charge in [0.15, 0.2) is 0 Å². The summed E-state index contributed by atoms with van der Waals surface area (Å²) in [4.78, 5) is 58.9. The van der Waals surface area contributed by atoms with Crippen LogP contribution >= 0.6 is 0 Å². The fourth-order valence-corrected chi connectivity index (χ4v) is 4.42. The summed E-state index contributed by atoms with van der Waals surface area (Å²) in [6.45, 7) is 0.855. The number of urea groups is 1. The van der Waals surface area contributed by atoms with E-state index in [1.807, 2.05) is 43.6 Å². The number of nitrogens with one attached hydrogen (secondary N) is 5. The number of hydrogen-bond acceptors (Lipinski definition) is 6. The fourth-order valence-electron chi connectivity index (χ4n) is 4.42. The van der Waals surface area contributed by atoms with Gasteiger partial charge < -0.3 is 36.6 Å². The summed E-state index contributed by atoms with van der Waals surface area (Å²) in [5.41, 5.74) is 4.64. The Balaban J connectivity index is 0.000000574. The molecular formula is C28H33N5O8. The lowest BCUT2D eigenvalue weighted by atomic mass is 9.84. The molecule has 1 saturated heterocycles. The number of hydrogen-bond donors (Lipinski definition) is 7. The lowest BCUT2D eigenvalue weighted by molar-refractivity contribution is -0.134. The van der Waals surface area contributed by atoms with Crippen LogP contribution in [-0.4, -0.2) is 77.1 Å². The highest BCUT2D eigenvalue weighted by Crippen LogP contribution is 2.30. The van der Waals surface area contributed by atoms with E-state index < -0.39 is 24.0 Å². The van der Waals surface area contributed by atoms with Gasteiger partial charge in [0.1, 0.15) is 6.04 Å². The van der Waals surface area contributed by atoms with Crippen LogP contribution in [0, 0.1) is 0 Å². The van der Waals surface area contributed by atoms with Gasteiger partial charge in [-0.2, -0.15) is 0 Å². The van der Waals surface area contributed by atoms with E-state index in [1.54, 1.807) is 13.1 Å². The van der Waals surface area contributed by atoms with E-state index >= 15 is 0 Å². The number of carbonyl (C=O) groups excluding carboxylic acids is 3. The third-order valence-electron chi connectivity index (χ3n) is 6.31. The zero-order valence-corrected chi connectivity index (χ0v) is 22.5. The molecule has 2 atom stereocenters. The van der Waals surface area contributed by atoms with Crippen molar-refractivity contribution in [2.24, 2.45) is 0 Å². The predicted octanol–water partition coefficient (Wildman–Crippen LogP) is 0.711. The molecule has 1 aromatic heterocycles. The van der Waals surface area contributed by atoms with Gasteiger partial charge >= 0.3 is 18.0 Å². The average molecular weight is 568 g/mol. The van der Waals surface area contributed by atoms with Gasteiger partial charge in [-0.1, -0.05) is 18.2 Å². The molecule has 0 saturated carbocycles. The largest absolute Gasteiger partial charge is 0.478 e. The number of aliphatic carboxylic acids is 2. The molecule has 0 aliphatic carbocycles. The lowest BCUT2D eigenvalue weighted by Crippen LogP contribution is -2.36. The Morgan fingerprint density at radius 1 is 1.02 bits per heavy atom. The Morgan fingerprint density at radius 2 is 1.73 bits per heavy atom. The Labute approximate surface area is 235 Å². The summed E-state index contributed by atoms with van der Waals surface area (Å²) in [7, 11) is 3.51. The van der Waals surface area contributed by atoms with Crippen molar-refractivity contribution in [2.45, 2.75) is 24.8 Å². The first-order valence-electron chi connectivity index (χ1n) is 12.4. The van der Waals surface area contributed by atoms with E-state index in [0.717, 1.165) is 35.0 Å². The standard InChI is InChI=1S/C24H27N5O3.C4H4O4.H2O/c1-25-9-8-17-13-27-20-7-6-15(12-18(17)20)19(21-23(31)29-24(32)28-21)11-14-4-3-5-16(10-14)22(30)26-2;5-3(6)1-2-4(7)8;/h3-7,10,12-13,19,21,25,27H,8-9,11H2,1-2H3,(H,26,30)(H2,28,29,31,32);1-2H,(H,5,6)(H,7,8);1H2.